The predicted octanol–water partition coefficient (Wildman–Crippen LogP) is 2.50. The van der Waals surface area contributed by atoms with Crippen molar-refractivity contribution in [1.82, 2.24) is 0 Å². The fraction of sp³-hybridized carbons (Fsp3) is 1.00. The fourth-order valence-corrected chi connectivity index (χ4v) is 5.10. The van der Waals surface area contributed by atoms with Crippen LogP contribution in [0.5, 0.6) is 0 Å². The summed E-state index contributed by atoms with van der Waals surface area (Å²) in [6.07, 6.45) is 11.5. The Bertz CT molecular complexity index is 366. The van der Waals surface area contributed by atoms with Gasteiger partial charge in [-0.25, -0.2) is 8.42 Å². The molecular formula is C14H27NO2S. The van der Waals surface area contributed by atoms with Gasteiger partial charge in [0.15, 0.2) is 0 Å². The summed E-state index contributed by atoms with van der Waals surface area (Å²) in [5.74, 6) is 1.11. The molecule has 3 nitrogen and oxygen atoms in total. The molecule has 4 heteroatoms. The normalized spacial score (nSPS) is 39.2. The van der Waals surface area contributed by atoms with Crippen molar-refractivity contribution < 1.29 is 8.42 Å². The zero-order valence-electron chi connectivity index (χ0n) is 11.5. The van der Waals surface area contributed by atoms with Crippen LogP contribution < -0.4 is 5.73 Å². The van der Waals surface area contributed by atoms with Gasteiger partial charge >= 0.3 is 0 Å². The largest absolute Gasteiger partial charge is 0.327 e. The van der Waals surface area contributed by atoms with E-state index in [0.717, 1.165) is 25.7 Å². The SMILES string of the molecule is CS(=O)(=O)C1CCCC(C2CCCCCC2N)C1. The van der Waals surface area contributed by atoms with E-state index in [1.54, 1.807) is 0 Å². The summed E-state index contributed by atoms with van der Waals surface area (Å²) in [5, 5.41) is -0.105. The first-order valence-electron chi connectivity index (χ1n) is 7.43. The van der Waals surface area contributed by atoms with Crippen LogP contribution in [0.4, 0.5) is 0 Å². The Morgan fingerprint density at radius 1 is 0.944 bits per heavy atom. The lowest BCUT2D eigenvalue weighted by atomic mass is 9.75. The summed E-state index contributed by atoms with van der Waals surface area (Å²) in [4.78, 5) is 0. The Balaban J connectivity index is 2.03. The number of rotatable bonds is 2. The van der Waals surface area contributed by atoms with Gasteiger partial charge in [0.05, 0.1) is 5.25 Å². The van der Waals surface area contributed by atoms with E-state index in [9.17, 15) is 8.42 Å². The van der Waals surface area contributed by atoms with Gasteiger partial charge in [-0.2, -0.15) is 0 Å². The molecule has 2 fully saturated rings. The van der Waals surface area contributed by atoms with Crippen molar-refractivity contribution in [2.24, 2.45) is 17.6 Å². The molecule has 2 aliphatic carbocycles. The molecule has 0 heterocycles. The zero-order valence-corrected chi connectivity index (χ0v) is 12.3. The summed E-state index contributed by atoms with van der Waals surface area (Å²) in [5.41, 5.74) is 6.31. The van der Waals surface area contributed by atoms with E-state index in [-0.39, 0.29) is 5.25 Å². The molecule has 18 heavy (non-hydrogen) atoms. The van der Waals surface area contributed by atoms with Crippen molar-refractivity contribution in [2.75, 3.05) is 6.26 Å². The molecule has 0 bridgehead atoms. The highest BCUT2D eigenvalue weighted by Crippen LogP contribution is 2.38. The van der Waals surface area contributed by atoms with Gasteiger partial charge in [-0.05, 0) is 37.5 Å². The van der Waals surface area contributed by atoms with E-state index in [2.05, 4.69) is 0 Å². The number of hydrogen-bond acceptors (Lipinski definition) is 3. The van der Waals surface area contributed by atoms with Crippen LogP contribution in [0.2, 0.25) is 0 Å². The number of sulfone groups is 1. The van der Waals surface area contributed by atoms with Crippen LogP contribution in [-0.4, -0.2) is 26.0 Å². The van der Waals surface area contributed by atoms with Crippen molar-refractivity contribution in [3.8, 4) is 0 Å². The van der Waals surface area contributed by atoms with E-state index in [1.165, 1.54) is 38.4 Å². The molecule has 106 valence electrons. The Kier molecular flexibility index (Phi) is 4.70. The lowest BCUT2D eigenvalue weighted by Crippen LogP contribution is -2.38. The molecule has 2 aliphatic rings. The van der Waals surface area contributed by atoms with Crippen LogP contribution in [0.25, 0.3) is 0 Å². The van der Waals surface area contributed by atoms with Crippen molar-refractivity contribution in [1.29, 1.82) is 0 Å². The average Bonchev–Trinajstić information content (AvgIpc) is 2.53. The van der Waals surface area contributed by atoms with Crippen LogP contribution in [0.15, 0.2) is 0 Å². The van der Waals surface area contributed by atoms with Crippen molar-refractivity contribution >= 4 is 9.84 Å². The molecule has 4 unspecified atom stereocenters. The molecule has 4 atom stereocenters. The van der Waals surface area contributed by atoms with E-state index < -0.39 is 9.84 Å². The molecule has 2 N–H and O–H groups in total. The van der Waals surface area contributed by atoms with E-state index in [4.69, 9.17) is 5.73 Å². The van der Waals surface area contributed by atoms with Gasteiger partial charge in [0.25, 0.3) is 0 Å². The maximum absolute atomic E-state index is 11.7. The molecule has 2 rings (SSSR count). The number of nitrogens with two attached hydrogens (primary N) is 1. The van der Waals surface area contributed by atoms with Gasteiger partial charge in [0.1, 0.15) is 9.84 Å². The highest BCUT2D eigenvalue weighted by molar-refractivity contribution is 7.91. The molecule has 0 radical (unpaired) electrons. The van der Waals surface area contributed by atoms with Gasteiger partial charge in [0.2, 0.25) is 0 Å². The van der Waals surface area contributed by atoms with E-state index in [0.29, 0.717) is 17.9 Å². The zero-order chi connectivity index (χ0) is 13.2. The predicted molar refractivity (Wildman–Crippen MR) is 75.1 cm³/mol. The van der Waals surface area contributed by atoms with Crippen molar-refractivity contribution in [2.45, 2.75) is 69.1 Å². The Morgan fingerprint density at radius 3 is 2.39 bits per heavy atom. The Morgan fingerprint density at radius 2 is 1.67 bits per heavy atom. The van der Waals surface area contributed by atoms with Crippen molar-refractivity contribution in [3.63, 3.8) is 0 Å². The molecule has 0 aliphatic heterocycles. The summed E-state index contributed by atoms with van der Waals surface area (Å²) in [6.45, 7) is 0. The molecule has 0 aromatic rings. The van der Waals surface area contributed by atoms with Crippen LogP contribution in [0.3, 0.4) is 0 Å². The van der Waals surface area contributed by atoms with Crippen LogP contribution in [0.1, 0.15) is 57.8 Å². The second-order valence-electron chi connectivity index (χ2n) is 6.34. The first-order chi connectivity index (χ1) is 8.48. The third-order valence-corrected chi connectivity index (χ3v) is 6.64. The van der Waals surface area contributed by atoms with Gasteiger partial charge < -0.3 is 5.73 Å². The monoisotopic (exact) mass is 273 g/mol. The minimum atomic E-state index is -2.86. The standard InChI is InChI=1S/C14H27NO2S/c1-18(16,17)12-7-5-6-11(10-12)13-8-3-2-4-9-14(13)15/h11-14H,2-10,15H2,1H3. The Labute approximate surface area is 111 Å². The molecule has 0 aromatic carbocycles. The molecule has 0 amide bonds. The van der Waals surface area contributed by atoms with Crippen LogP contribution >= 0.6 is 0 Å². The maximum Gasteiger partial charge on any atom is 0.150 e. The lowest BCUT2D eigenvalue weighted by molar-refractivity contribution is 0.207. The quantitative estimate of drug-likeness (QED) is 0.786. The molecule has 0 saturated heterocycles. The summed E-state index contributed by atoms with van der Waals surface area (Å²) in [7, 11) is -2.86. The van der Waals surface area contributed by atoms with Crippen LogP contribution in [-0.2, 0) is 9.84 Å². The highest BCUT2D eigenvalue weighted by Gasteiger charge is 2.35. The summed E-state index contributed by atoms with van der Waals surface area (Å²) >= 11 is 0. The van der Waals surface area contributed by atoms with Crippen LogP contribution in [0, 0.1) is 11.8 Å². The first kappa shape index (κ1) is 14.3. The summed E-state index contributed by atoms with van der Waals surface area (Å²) in [6, 6.07) is 0.302. The molecule has 2 saturated carbocycles. The van der Waals surface area contributed by atoms with Gasteiger partial charge in [-0.15, -0.1) is 0 Å². The average molecular weight is 273 g/mol. The minimum Gasteiger partial charge on any atom is -0.327 e. The topological polar surface area (TPSA) is 60.2 Å². The van der Waals surface area contributed by atoms with E-state index >= 15 is 0 Å². The molecule has 0 aromatic heterocycles. The highest BCUT2D eigenvalue weighted by atomic mass is 32.2. The summed E-state index contributed by atoms with van der Waals surface area (Å²) < 4.78 is 23.5. The van der Waals surface area contributed by atoms with E-state index in [1.807, 2.05) is 0 Å². The van der Waals surface area contributed by atoms with Gasteiger partial charge in [0, 0.05) is 12.3 Å². The maximum atomic E-state index is 11.7. The first-order valence-corrected chi connectivity index (χ1v) is 9.38. The van der Waals surface area contributed by atoms with Crippen molar-refractivity contribution in [3.05, 3.63) is 0 Å². The minimum absolute atomic E-state index is 0.105. The second kappa shape index (κ2) is 5.91. The number of hydrogen-bond donors (Lipinski definition) is 1. The van der Waals surface area contributed by atoms with Gasteiger partial charge in [-0.3, -0.25) is 0 Å². The third-order valence-electron chi connectivity index (χ3n) is 5.00. The third kappa shape index (κ3) is 3.47. The molecule has 0 spiro atoms. The lowest BCUT2D eigenvalue weighted by Gasteiger charge is -2.36. The smallest absolute Gasteiger partial charge is 0.150 e. The Hall–Kier alpha value is -0.0900. The van der Waals surface area contributed by atoms with Gasteiger partial charge in [-0.1, -0.05) is 32.1 Å². The fourth-order valence-electron chi connectivity index (χ4n) is 3.91. The molecular weight excluding hydrogens is 246 g/mol. The second-order valence-corrected chi connectivity index (χ2v) is 8.67.